The molecule has 1 unspecified atom stereocenters. The minimum atomic E-state index is -0.550. The van der Waals surface area contributed by atoms with Crippen LogP contribution in [0.5, 0.6) is 0 Å². The average molecular weight is 206 g/mol. The van der Waals surface area contributed by atoms with Crippen molar-refractivity contribution >= 4 is 11.0 Å². The van der Waals surface area contributed by atoms with E-state index in [1.165, 1.54) is 6.07 Å². The molecule has 0 fully saturated rings. The van der Waals surface area contributed by atoms with Gasteiger partial charge in [0.15, 0.2) is 5.82 Å². The van der Waals surface area contributed by atoms with Gasteiger partial charge in [0, 0.05) is 6.54 Å². The molecule has 4 heteroatoms. The van der Waals surface area contributed by atoms with E-state index in [4.69, 9.17) is 0 Å². The Morgan fingerprint density at radius 2 is 2.33 bits per heavy atom. The summed E-state index contributed by atoms with van der Waals surface area (Å²) in [6.45, 7) is 0.812. The van der Waals surface area contributed by atoms with Gasteiger partial charge in [-0.25, -0.2) is 9.37 Å². The third-order valence-electron chi connectivity index (χ3n) is 2.92. The number of aryl methyl sites for hydroxylation is 1. The number of nitrogens with zero attached hydrogens (tertiary/aromatic N) is 2. The van der Waals surface area contributed by atoms with Crippen molar-refractivity contribution in [3.8, 4) is 0 Å². The molecule has 0 spiro atoms. The molecule has 1 aromatic heterocycles. The minimum Gasteiger partial charge on any atom is -0.385 e. The highest BCUT2D eigenvalue weighted by Gasteiger charge is 2.22. The fraction of sp³-hybridized carbons (Fsp3) is 0.364. The molecule has 2 heterocycles. The largest absolute Gasteiger partial charge is 0.385 e. The van der Waals surface area contributed by atoms with Crippen LogP contribution in [0.4, 0.5) is 4.39 Å². The molecule has 0 saturated heterocycles. The van der Waals surface area contributed by atoms with Crippen LogP contribution < -0.4 is 0 Å². The van der Waals surface area contributed by atoms with Gasteiger partial charge in [-0.15, -0.1) is 0 Å². The Labute approximate surface area is 86.2 Å². The first-order valence-electron chi connectivity index (χ1n) is 5.10. The Bertz CT molecular complexity index is 521. The smallest absolute Gasteiger partial charge is 0.151 e. The normalized spacial score (nSPS) is 20.5. The van der Waals surface area contributed by atoms with E-state index in [1.54, 1.807) is 6.07 Å². The second-order valence-electron chi connectivity index (χ2n) is 3.89. The predicted molar refractivity (Wildman–Crippen MR) is 53.9 cm³/mol. The molecule has 2 aromatic rings. The van der Waals surface area contributed by atoms with E-state index in [0.29, 0.717) is 17.8 Å². The summed E-state index contributed by atoms with van der Waals surface area (Å²) in [4.78, 5) is 4.17. The number of hydrogen-bond acceptors (Lipinski definition) is 2. The van der Waals surface area contributed by atoms with Crippen LogP contribution in [-0.2, 0) is 6.54 Å². The number of aliphatic hydroxyl groups excluding tert-OH is 1. The van der Waals surface area contributed by atoms with Crippen molar-refractivity contribution in [2.45, 2.75) is 25.5 Å². The molecule has 1 aromatic carbocycles. The Hall–Kier alpha value is -1.42. The summed E-state index contributed by atoms with van der Waals surface area (Å²) in [6.07, 6.45) is 1.08. The molecule has 0 radical (unpaired) electrons. The highest BCUT2D eigenvalue weighted by Crippen LogP contribution is 2.29. The van der Waals surface area contributed by atoms with Gasteiger partial charge in [0.2, 0.25) is 0 Å². The van der Waals surface area contributed by atoms with Gasteiger partial charge < -0.3 is 9.67 Å². The standard InChI is InChI=1S/C11H11FN2O/c12-7-3-1-4-8-10(7)13-11-9(15)5-2-6-14(8)11/h1,3-4,9,15H,2,5-6H2. The first kappa shape index (κ1) is 8.85. The number of aliphatic hydroxyl groups is 1. The molecule has 1 aliphatic rings. The molecule has 15 heavy (non-hydrogen) atoms. The van der Waals surface area contributed by atoms with E-state index in [1.807, 2.05) is 10.6 Å². The van der Waals surface area contributed by atoms with Crippen LogP contribution in [0.1, 0.15) is 24.8 Å². The summed E-state index contributed by atoms with van der Waals surface area (Å²) in [7, 11) is 0. The first-order valence-corrected chi connectivity index (χ1v) is 5.10. The molecular weight excluding hydrogens is 195 g/mol. The summed E-state index contributed by atoms with van der Waals surface area (Å²) in [5.41, 5.74) is 1.15. The number of para-hydroxylation sites is 1. The molecule has 78 valence electrons. The van der Waals surface area contributed by atoms with Crippen LogP contribution in [0, 0.1) is 5.82 Å². The van der Waals surface area contributed by atoms with Crippen LogP contribution in [0.3, 0.4) is 0 Å². The maximum absolute atomic E-state index is 13.4. The number of imidazole rings is 1. The quantitative estimate of drug-likeness (QED) is 0.716. The lowest BCUT2D eigenvalue weighted by atomic mass is 10.1. The van der Waals surface area contributed by atoms with Gasteiger partial charge in [0.1, 0.15) is 17.4 Å². The Morgan fingerprint density at radius 3 is 3.20 bits per heavy atom. The van der Waals surface area contributed by atoms with Crippen molar-refractivity contribution < 1.29 is 9.50 Å². The van der Waals surface area contributed by atoms with Gasteiger partial charge in [0.05, 0.1) is 5.52 Å². The van der Waals surface area contributed by atoms with Crippen molar-refractivity contribution in [2.75, 3.05) is 0 Å². The molecule has 1 N–H and O–H groups in total. The third kappa shape index (κ3) is 1.18. The molecule has 3 rings (SSSR count). The molecule has 1 atom stereocenters. The summed E-state index contributed by atoms with van der Waals surface area (Å²) < 4.78 is 15.4. The zero-order chi connectivity index (χ0) is 10.4. The second kappa shape index (κ2) is 3.03. The molecule has 0 aliphatic carbocycles. The second-order valence-corrected chi connectivity index (χ2v) is 3.89. The zero-order valence-electron chi connectivity index (χ0n) is 8.15. The van der Waals surface area contributed by atoms with Gasteiger partial charge in [-0.1, -0.05) is 6.07 Å². The Morgan fingerprint density at radius 1 is 1.47 bits per heavy atom. The van der Waals surface area contributed by atoms with E-state index >= 15 is 0 Å². The molecular formula is C11H11FN2O. The molecule has 0 amide bonds. The van der Waals surface area contributed by atoms with E-state index in [2.05, 4.69) is 4.98 Å². The minimum absolute atomic E-state index is 0.318. The average Bonchev–Trinajstić information content (AvgIpc) is 2.60. The first-order chi connectivity index (χ1) is 7.27. The Balaban J connectivity index is 2.35. The van der Waals surface area contributed by atoms with Gasteiger partial charge in [-0.2, -0.15) is 0 Å². The monoisotopic (exact) mass is 206 g/mol. The fourth-order valence-corrected chi connectivity index (χ4v) is 2.19. The van der Waals surface area contributed by atoms with E-state index in [9.17, 15) is 9.50 Å². The highest BCUT2D eigenvalue weighted by molar-refractivity contribution is 5.76. The predicted octanol–water partition coefficient (Wildman–Crippen LogP) is 2.00. The van der Waals surface area contributed by atoms with Crippen molar-refractivity contribution in [1.29, 1.82) is 0 Å². The van der Waals surface area contributed by atoms with Crippen molar-refractivity contribution in [3.63, 3.8) is 0 Å². The number of halogens is 1. The Kier molecular flexibility index (Phi) is 1.79. The van der Waals surface area contributed by atoms with Crippen LogP contribution in [0.15, 0.2) is 18.2 Å². The SMILES string of the molecule is OC1CCCn2c1nc1c(F)cccc12. The third-order valence-corrected chi connectivity index (χ3v) is 2.92. The molecule has 0 bridgehead atoms. The van der Waals surface area contributed by atoms with Crippen molar-refractivity contribution in [3.05, 3.63) is 29.8 Å². The molecule has 3 nitrogen and oxygen atoms in total. The van der Waals surface area contributed by atoms with Crippen LogP contribution in [0.2, 0.25) is 0 Å². The highest BCUT2D eigenvalue weighted by atomic mass is 19.1. The lowest BCUT2D eigenvalue weighted by Gasteiger charge is -2.19. The van der Waals surface area contributed by atoms with E-state index in [0.717, 1.165) is 18.5 Å². The summed E-state index contributed by atoms with van der Waals surface area (Å²) in [5, 5.41) is 9.75. The number of hydrogen-bond donors (Lipinski definition) is 1. The van der Waals surface area contributed by atoms with Gasteiger partial charge >= 0.3 is 0 Å². The number of aromatic nitrogens is 2. The van der Waals surface area contributed by atoms with Crippen LogP contribution >= 0.6 is 0 Å². The van der Waals surface area contributed by atoms with Crippen LogP contribution in [-0.4, -0.2) is 14.7 Å². The van der Waals surface area contributed by atoms with E-state index < -0.39 is 6.10 Å². The maximum atomic E-state index is 13.4. The summed E-state index contributed by atoms with van der Waals surface area (Å²) >= 11 is 0. The number of benzene rings is 1. The summed E-state index contributed by atoms with van der Waals surface area (Å²) in [5.74, 6) is 0.281. The number of rotatable bonds is 0. The van der Waals surface area contributed by atoms with Crippen LogP contribution in [0.25, 0.3) is 11.0 Å². The van der Waals surface area contributed by atoms with E-state index in [-0.39, 0.29) is 5.82 Å². The molecule has 1 aliphatic heterocycles. The fourth-order valence-electron chi connectivity index (χ4n) is 2.19. The lowest BCUT2D eigenvalue weighted by Crippen LogP contribution is -2.15. The summed E-state index contributed by atoms with van der Waals surface area (Å²) in [6, 6.07) is 4.91. The van der Waals surface area contributed by atoms with Gasteiger partial charge in [-0.05, 0) is 25.0 Å². The topological polar surface area (TPSA) is 38.0 Å². The van der Waals surface area contributed by atoms with Crippen molar-refractivity contribution in [1.82, 2.24) is 9.55 Å². The lowest BCUT2D eigenvalue weighted by molar-refractivity contribution is 0.135. The van der Waals surface area contributed by atoms with Gasteiger partial charge in [0.25, 0.3) is 0 Å². The van der Waals surface area contributed by atoms with Gasteiger partial charge in [-0.3, -0.25) is 0 Å². The number of fused-ring (bicyclic) bond motifs is 3. The van der Waals surface area contributed by atoms with Crippen molar-refractivity contribution in [2.24, 2.45) is 0 Å². The molecule has 0 saturated carbocycles. The maximum Gasteiger partial charge on any atom is 0.151 e. The zero-order valence-corrected chi connectivity index (χ0v) is 8.15.